The van der Waals surface area contributed by atoms with Gasteiger partial charge in [0, 0.05) is 11.8 Å². The second kappa shape index (κ2) is 4.94. The van der Waals surface area contributed by atoms with Gasteiger partial charge in [0.1, 0.15) is 0 Å². The van der Waals surface area contributed by atoms with Gasteiger partial charge in [0.2, 0.25) is 0 Å². The van der Waals surface area contributed by atoms with Crippen LogP contribution in [0.2, 0.25) is 5.02 Å². The van der Waals surface area contributed by atoms with Gasteiger partial charge in [-0.3, -0.25) is 4.79 Å². The standard InChI is InChI=1S/C14H15ClN2O/c1-9(2)13-6-7-17(16-13)14-5-4-11(10(3)18)8-12(14)15/h4-9H,1-3H3. The van der Waals surface area contributed by atoms with Crippen LogP contribution in [-0.4, -0.2) is 15.6 Å². The average Bonchev–Trinajstić information content (AvgIpc) is 2.78. The number of rotatable bonds is 3. The van der Waals surface area contributed by atoms with Gasteiger partial charge in [-0.15, -0.1) is 0 Å². The summed E-state index contributed by atoms with van der Waals surface area (Å²) in [5.41, 5.74) is 2.41. The SMILES string of the molecule is CC(=O)c1ccc(-n2ccc(C(C)C)n2)c(Cl)c1. The summed E-state index contributed by atoms with van der Waals surface area (Å²) in [4.78, 5) is 11.3. The molecule has 18 heavy (non-hydrogen) atoms. The molecule has 94 valence electrons. The number of benzene rings is 1. The Morgan fingerprint density at radius 3 is 2.56 bits per heavy atom. The second-order valence-electron chi connectivity index (χ2n) is 4.56. The lowest BCUT2D eigenvalue weighted by molar-refractivity contribution is 0.101. The number of aromatic nitrogens is 2. The summed E-state index contributed by atoms with van der Waals surface area (Å²) in [6.45, 7) is 5.70. The summed E-state index contributed by atoms with van der Waals surface area (Å²) in [5, 5.41) is 4.99. The summed E-state index contributed by atoms with van der Waals surface area (Å²) >= 11 is 6.18. The third-order valence-electron chi connectivity index (χ3n) is 2.80. The van der Waals surface area contributed by atoms with Crippen molar-refractivity contribution in [3.63, 3.8) is 0 Å². The molecule has 4 heteroatoms. The molecule has 2 aromatic rings. The first-order valence-corrected chi connectivity index (χ1v) is 6.23. The van der Waals surface area contributed by atoms with E-state index in [1.54, 1.807) is 16.8 Å². The van der Waals surface area contributed by atoms with Gasteiger partial charge in [0.25, 0.3) is 0 Å². The summed E-state index contributed by atoms with van der Waals surface area (Å²) in [5.74, 6) is 0.383. The van der Waals surface area contributed by atoms with E-state index in [4.69, 9.17) is 11.6 Å². The molecular weight excluding hydrogens is 248 g/mol. The summed E-state index contributed by atoms with van der Waals surface area (Å²) in [7, 11) is 0. The van der Waals surface area contributed by atoms with Crippen LogP contribution in [-0.2, 0) is 0 Å². The number of carbonyl (C=O) groups is 1. The van der Waals surface area contributed by atoms with Crippen molar-refractivity contribution in [1.29, 1.82) is 0 Å². The van der Waals surface area contributed by atoms with Gasteiger partial charge in [-0.2, -0.15) is 5.10 Å². The topological polar surface area (TPSA) is 34.9 Å². The second-order valence-corrected chi connectivity index (χ2v) is 4.97. The smallest absolute Gasteiger partial charge is 0.159 e. The van der Waals surface area contributed by atoms with Gasteiger partial charge in [0.05, 0.1) is 16.4 Å². The van der Waals surface area contributed by atoms with Crippen LogP contribution in [0.15, 0.2) is 30.5 Å². The van der Waals surface area contributed by atoms with Crippen LogP contribution >= 0.6 is 11.6 Å². The number of nitrogens with zero attached hydrogens (tertiary/aromatic N) is 2. The van der Waals surface area contributed by atoms with E-state index in [1.165, 1.54) is 6.92 Å². The lowest BCUT2D eigenvalue weighted by atomic mass is 10.1. The Morgan fingerprint density at radius 2 is 2.06 bits per heavy atom. The minimum absolute atomic E-state index is 0.00628. The number of ketones is 1. The zero-order valence-corrected chi connectivity index (χ0v) is 11.4. The fourth-order valence-electron chi connectivity index (χ4n) is 1.69. The highest BCUT2D eigenvalue weighted by atomic mass is 35.5. The Kier molecular flexibility index (Phi) is 3.53. The quantitative estimate of drug-likeness (QED) is 0.788. The van der Waals surface area contributed by atoms with Crippen molar-refractivity contribution in [3.05, 3.63) is 46.7 Å². The molecular formula is C14H15ClN2O. The number of hydrogen-bond donors (Lipinski definition) is 0. The van der Waals surface area contributed by atoms with Crippen molar-refractivity contribution in [2.45, 2.75) is 26.7 Å². The fourth-order valence-corrected chi connectivity index (χ4v) is 1.96. The Hall–Kier alpha value is -1.61. The van der Waals surface area contributed by atoms with Crippen LogP contribution < -0.4 is 0 Å². The molecule has 0 atom stereocenters. The van der Waals surface area contributed by atoms with E-state index < -0.39 is 0 Å². The van der Waals surface area contributed by atoms with Crippen molar-refractivity contribution in [2.75, 3.05) is 0 Å². The van der Waals surface area contributed by atoms with Crippen LogP contribution in [0.25, 0.3) is 5.69 Å². The average molecular weight is 263 g/mol. The van der Waals surface area contributed by atoms with E-state index >= 15 is 0 Å². The van der Waals surface area contributed by atoms with Gasteiger partial charge in [-0.1, -0.05) is 25.4 Å². The first-order valence-electron chi connectivity index (χ1n) is 5.85. The highest BCUT2D eigenvalue weighted by molar-refractivity contribution is 6.32. The normalized spacial score (nSPS) is 10.9. The van der Waals surface area contributed by atoms with Crippen LogP contribution in [0.5, 0.6) is 0 Å². The van der Waals surface area contributed by atoms with Crippen molar-refractivity contribution >= 4 is 17.4 Å². The third-order valence-corrected chi connectivity index (χ3v) is 3.10. The molecule has 0 aliphatic carbocycles. The zero-order valence-electron chi connectivity index (χ0n) is 10.6. The van der Waals surface area contributed by atoms with Crippen LogP contribution in [0.3, 0.4) is 0 Å². The van der Waals surface area contributed by atoms with E-state index in [0.717, 1.165) is 11.4 Å². The molecule has 1 aromatic carbocycles. The van der Waals surface area contributed by atoms with Crippen molar-refractivity contribution in [1.82, 2.24) is 9.78 Å². The Labute approximate surface area is 111 Å². The summed E-state index contributed by atoms with van der Waals surface area (Å²) in [6.07, 6.45) is 1.88. The lowest BCUT2D eigenvalue weighted by Gasteiger charge is -2.06. The third kappa shape index (κ3) is 2.46. The first kappa shape index (κ1) is 12.8. The van der Waals surface area contributed by atoms with Gasteiger partial charge in [-0.05, 0) is 37.1 Å². The number of hydrogen-bond acceptors (Lipinski definition) is 2. The molecule has 0 saturated heterocycles. The summed E-state index contributed by atoms with van der Waals surface area (Å²) in [6, 6.07) is 7.23. The minimum Gasteiger partial charge on any atom is -0.295 e. The molecule has 0 radical (unpaired) electrons. The maximum Gasteiger partial charge on any atom is 0.159 e. The molecule has 0 saturated carbocycles. The number of Topliss-reactive ketones (excluding diaryl/α,β-unsaturated/α-hetero) is 1. The maximum absolute atomic E-state index is 11.3. The molecule has 0 unspecified atom stereocenters. The zero-order chi connectivity index (χ0) is 13.3. The van der Waals surface area contributed by atoms with Crippen LogP contribution in [0.1, 0.15) is 42.7 Å². The van der Waals surface area contributed by atoms with Crippen molar-refractivity contribution in [3.8, 4) is 5.69 Å². The Bertz CT molecular complexity index is 587. The Morgan fingerprint density at radius 1 is 1.33 bits per heavy atom. The minimum atomic E-state index is 0.00628. The van der Waals surface area contributed by atoms with E-state index in [1.807, 2.05) is 18.3 Å². The predicted octanol–water partition coefficient (Wildman–Crippen LogP) is 3.85. The van der Waals surface area contributed by atoms with Gasteiger partial charge in [0.15, 0.2) is 5.78 Å². The highest BCUT2D eigenvalue weighted by Gasteiger charge is 2.09. The van der Waals surface area contributed by atoms with Crippen molar-refractivity contribution < 1.29 is 4.79 Å². The Balaban J connectivity index is 2.41. The molecule has 1 aromatic heterocycles. The van der Waals surface area contributed by atoms with E-state index in [2.05, 4.69) is 18.9 Å². The molecule has 0 aliphatic rings. The van der Waals surface area contributed by atoms with E-state index in [0.29, 0.717) is 16.5 Å². The van der Waals surface area contributed by atoms with E-state index in [9.17, 15) is 4.79 Å². The molecule has 0 fully saturated rings. The largest absolute Gasteiger partial charge is 0.295 e. The fraction of sp³-hybridized carbons (Fsp3) is 0.286. The monoisotopic (exact) mass is 262 g/mol. The molecule has 0 amide bonds. The molecule has 1 heterocycles. The number of carbonyl (C=O) groups excluding carboxylic acids is 1. The predicted molar refractivity (Wildman–Crippen MR) is 72.7 cm³/mol. The molecule has 0 N–H and O–H groups in total. The highest BCUT2D eigenvalue weighted by Crippen LogP contribution is 2.23. The molecule has 3 nitrogen and oxygen atoms in total. The van der Waals surface area contributed by atoms with Crippen LogP contribution in [0.4, 0.5) is 0 Å². The molecule has 2 rings (SSSR count). The van der Waals surface area contributed by atoms with Gasteiger partial charge >= 0.3 is 0 Å². The van der Waals surface area contributed by atoms with Gasteiger partial charge in [-0.25, -0.2) is 4.68 Å². The van der Waals surface area contributed by atoms with Crippen LogP contribution in [0, 0.1) is 0 Å². The van der Waals surface area contributed by atoms with Crippen molar-refractivity contribution in [2.24, 2.45) is 0 Å². The molecule has 0 aliphatic heterocycles. The maximum atomic E-state index is 11.3. The van der Waals surface area contributed by atoms with E-state index in [-0.39, 0.29) is 5.78 Å². The molecule has 0 bridgehead atoms. The lowest BCUT2D eigenvalue weighted by Crippen LogP contribution is -2.00. The molecule has 0 spiro atoms. The summed E-state index contributed by atoms with van der Waals surface area (Å²) < 4.78 is 1.74. The van der Waals surface area contributed by atoms with Gasteiger partial charge < -0.3 is 0 Å². The number of halogens is 1. The first-order chi connectivity index (χ1) is 8.49.